The molecule has 1 aliphatic heterocycles. The van der Waals surface area contributed by atoms with Crippen molar-refractivity contribution >= 4 is 11.6 Å². The number of piperazine rings is 1. The zero-order valence-corrected chi connectivity index (χ0v) is 10.7. The second-order valence-corrected chi connectivity index (χ2v) is 4.60. The number of rotatable bonds is 3. The Morgan fingerprint density at radius 3 is 3.05 bits per heavy atom. The minimum atomic E-state index is -0.0859. The molecule has 0 aliphatic carbocycles. The summed E-state index contributed by atoms with van der Waals surface area (Å²) in [6.07, 6.45) is 3.46. The summed E-state index contributed by atoms with van der Waals surface area (Å²) in [5.74, 6) is -0.0859. The maximum Gasteiger partial charge on any atom is 0.270 e. The molecule has 3 heterocycles. The highest BCUT2D eigenvalue weighted by Crippen LogP contribution is 2.05. The van der Waals surface area contributed by atoms with Gasteiger partial charge in [-0.25, -0.2) is 4.98 Å². The van der Waals surface area contributed by atoms with Crippen LogP contribution in [0.1, 0.15) is 10.5 Å². The van der Waals surface area contributed by atoms with Crippen molar-refractivity contribution in [3.05, 3.63) is 36.3 Å². The molecule has 2 aromatic rings. The van der Waals surface area contributed by atoms with Crippen LogP contribution >= 0.6 is 0 Å². The molecule has 0 spiro atoms. The molecule has 3 rings (SSSR count). The van der Waals surface area contributed by atoms with E-state index in [2.05, 4.69) is 20.5 Å². The molecule has 6 heteroatoms. The van der Waals surface area contributed by atoms with Gasteiger partial charge in [-0.15, -0.1) is 0 Å². The summed E-state index contributed by atoms with van der Waals surface area (Å²) in [5, 5.41) is 6.23. The van der Waals surface area contributed by atoms with Crippen LogP contribution in [0.25, 0.3) is 5.65 Å². The van der Waals surface area contributed by atoms with Gasteiger partial charge in [-0.1, -0.05) is 6.07 Å². The van der Waals surface area contributed by atoms with Gasteiger partial charge in [-0.2, -0.15) is 0 Å². The lowest BCUT2D eigenvalue weighted by molar-refractivity contribution is 0.0911. The Hall–Kier alpha value is -1.92. The van der Waals surface area contributed by atoms with Gasteiger partial charge in [-0.3, -0.25) is 14.1 Å². The summed E-state index contributed by atoms with van der Waals surface area (Å²) in [6.45, 7) is 4.47. The van der Waals surface area contributed by atoms with Crippen molar-refractivity contribution in [3.8, 4) is 0 Å². The van der Waals surface area contributed by atoms with E-state index in [0.717, 1.165) is 31.8 Å². The zero-order valence-electron chi connectivity index (χ0n) is 10.7. The number of hydrogen-bond acceptors (Lipinski definition) is 4. The van der Waals surface area contributed by atoms with E-state index in [-0.39, 0.29) is 5.91 Å². The largest absolute Gasteiger partial charge is 0.338 e. The third kappa shape index (κ3) is 2.59. The number of nitrogens with zero attached hydrogens (tertiary/aromatic N) is 3. The van der Waals surface area contributed by atoms with Crippen molar-refractivity contribution in [2.75, 3.05) is 32.8 Å². The lowest BCUT2D eigenvalue weighted by Gasteiger charge is -2.27. The normalized spacial score (nSPS) is 16.6. The molecule has 0 aromatic carbocycles. The SMILES string of the molecule is O=C(NCN1CCNCC1)c1cnc2ccccn12. The second-order valence-electron chi connectivity index (χ2n) is 4.60. The van der Waals surface area contributed by atoms with Crippen LogP contribution in [-0.4, -0.2) is 53.0 Å². The van der Waals surface area contributed by atoms with Gasteiger partial charge in [0.15, 0.2) is 0 Å². The van der Waals surface area contributed by atoms with Gasteiger partial charge in [-0.05, 0) is 12.1 Å². The number of fused-ring (bicyclic) bond motifs is 1. The van der Waals surface area contributed by atoms with E-state index in [9.17, 15) is 4.79 Å². The summed E-state index contributed by atoms with van der Waals surface area (Å²) in [4.78, 5) is 18.6. The summed E-state index contributed by atoms with van der Waals surface area (Å²) in [6, 6.07) is 5.68. The molecule has 2 aromatic heterocycles. The molecule has 19 heavy (non-hydrogen) atoms. The fourth-order valence-electron chi connectivity index (χ4n) is 2.24. The molecule has 1 amide bonds. The first kappa shape index (κ1) is 12.1. The van der Waals surface area contributed by atoms with E-state index >= 15 is 0 Å². The molecular weight excluding hydrogens is 242 g/mol. The van der Waals surface area contributed by atoms with Crippen LogP contribution in [0.15, 0.2) is 30.6 Å². The third-order valence-electron chi connectivity index (χ3n) is 3.32. The number of aromatic nitrogens is 2. The third-order valence-corrected chi connectivity index (χ3v) is 3.32. The van der Waals surface area contributed by atoms with Crippen LogP contribution in [0.2, 0.25) is 0 Å². The molecule has 1 saturated heterocycles. The number of imidazole rings is 1. The lowest BCUT2D eigenvalue weighted by atomic mass is 10.4. The van der Waals surface area contributed by atoms with Crippen molar-refractivity contribution in [1.82, 2.24) is 24.9 Å². The number of carbonyl (C=O) groups excluding carboxylic acids is 1. The predicted octanol–water partition coefficient (Wildman–Crippen LogP) is -0.0732. The highest BCUT2D eigenvalue weighted by atomic mass is 16.2. The highest BCUT2D eigenvalue weighted by molar-refractivity contribution is 5.93. The van der Waals surface area contributed by atoms with Gasteiger partial charge in [0.1, 0.15) is 11.3 Å². The molecule has 0 atom stereocenters. The topological polar surface area (TPSA) is 61.7 Å². The van der Waals surface area contributed by atoms with Crippen LogP contribution in [0.5, 0.6) is 0 Å². The lowest BCUT2D eigenvalue weighted by Crippen LogP contribution is -2.48. The van der Waals surface area contributed by atoms with E-state index in [1.165, 1.54) is 0 Å². The Balaban J connectivity index is 1.66. The number of amides is 1. The minimum Gasteiger partial charge on any atom is -0.338 e. The van der Waals surface area contributed by atoms with Crippen molar-refractivity contribution in [1.29, 1.82) is 0 Å². The maximum atomic E-state index is 12.1. The first-order valence-electron chi connectivity index (χ1n) is 6.48. The summed E-state index contributed by atoms with van der Waals surface area (Å²) < 4.78 is 1.80. The minimum absolute atomic E-state index is 0.0859. The fraction of sp³-hybridized carbons (Fsp3) is 0.385. The fourth-order valence-corrected chi connectivity index (χ4v) is 2.24. The Morgan fingerprint density at radius 2 is 2.21 bits per heavy atom. The number of nitrogens with one attached hydrogen (secondary N) is 2. The summed E-state index contributed by atoms with van der Waals surface area (Å²) in [7, 11) is 0. The predicted molar refractivity (Wildman–Crippen MR) is 72.0 cm³/mol. The Labute approximate surface area is 111 Å². The van der Waals surface area contributed by atoms with E-state index in [0.29, 0.717) is 12.4 Å². The second kappa shape index (κ2) is 5.38. The van der Waals surface area contributed by atoms with Crippen LogP contribution in [-0.2, 0) is 0 Å². The van der Waals surface area contributed by atoms with Crippen LogP contribution in [0.3, 0.4) is 0 Å². The molecular formula is C13H17N5O. The highest BCUT2D eigenvalue weighted by Gasteiger charge is 2.14. The van der Waals surface area contributed by atoms with Crippen molar-refractivity contribution < 1.29 is 4.79 Å². The molecule has 6 nitrogen and oxygen atoms in total. The Kier molecular flexibility index (Phi) is 3.43. The average molecular weight is 259 g/mol. The first-order chi connectivity index (χ1) is 9.34. The van der Waals surface area contributed by atoms with E-state index in [1.807, 2.05) is 24.4 Å². The molecule has 0 radical (unpaired) electrons. The number of hydrogen-bond donors (Lipinski definition) is 2. The van der Waals surface area contributed by atoms with Gasteiger partial charge in [0.25, 0.3) is 5.91 Å². The molecule has 100 valence electrons. The van der Waals surface area contributed by atoms with Crippen molar-refractivity contribution in [2.24, 2.45) is 0 Å². The van der Waals surface area contributed by atoms with Gasteiger partial charge in [0.2, 0.25) is 0 Å². The van der Waals surface area contributed by atoms with Gasteiger partial charge >= 0.3 is 0 Å². The molecule has 0 unspecified atom stereocenters. The van der Waals surface area contributed by atoms with Gasteiger partial charge in [0, 0.05) is 32.4 Å². The molecule has 2 N–H and O–H groups in total. The summed E-state index contributed by atoms with van der Waals surface area (Å²) >= 11 is 0. The Bertz CT molecular complexity index is 573. The van der Waals surface area contributed by atoms with Crippen LogP contribution < -0.4 is 10.6 Å². The average Bonchev–Trinajstić information content (AvgIpc) is 2.90. The molecule has 1 fully saturated rings. The summed E-state index contributed by atoms with van der Waals surface area (Å²) in [5.41, 5.74) is 1.36. The number of pyridine rings is 1. The number of carbonyl (C=O) groups is 1. The monoisotopic (exact) mass is 259 g/mol. The molecule has 1 aliphatic rings. The maximum absolute atomic E-state index is 12.1. The van der Waals surface area contributed by atoms with Crippen molar-refractivity contribution in [2.45, 2.75) is 0 Å². The Morgan fingerprint density at radius 1 is 1.37 bits per heavy atom. The molecule has 0 saturated carbocycles. The quantitative estimate of drug-likeness (QED) is 0.810. The van der Waals surface area contributed by atoms with E-state index in [1.54, 1.807) is 10.6 Å². The van der Waals surface area contributed by atoms with Gasteiger partial charge in [0.05, 0.1) is 12.9 Å². The van der Waals surface area contributed by atoms with Crippen molar-refractivity contribution in [3.63, 3.8) is 0 Å². The standard InChI is InChI=1S/C13H17N5O/c19-13(16-10-17-7-4-14-5-8-17)11-9-15-12-3-1-2-6-18(11)12/h1-3,6,9,14H,4-5,7-8,10H2,(H,16,19). The van der Waals surface area contributed by atoms with Crippen LogP contribution in [0.4, 0.5) is 0 Å². The van der Waals surface area contributed by atoms with Gasteiger partial charge < -0.3 is 10.6 Å². The first-order valence-corrected chi connectivity index (χ1v) is 6.48. The molecule has 0 bridgehead atoms. The zero-order chi connectivity index (χ0) is 13.1. The smallest absolute Gasteiger partial charge is 0.270 e. The van der Waals surface area contributed by atoms with E-state index < -0.39 is 0 Å². The van der Waals surface area contributed by atoms with Crippen LogP contribution in [0, 0.1) is 0 Å². The van der Waals surface area contributed by atoms with E-state index in [4.69, 9.17) is 0 Å².